The van der Waals surface area contributed by atoms with Gasteiger partial charge in [0.1, 0.15) is 0 Å². The molecule has 82 valence electrons. The Labute approximate surface area is 86.2 Å². The Bertz CT molecular complexity index is 187. The van der Waals surface area contributed by atoms with E-state index in [2.05, 4.69) is 6.58 Å². The van der Waals surface area contributed by atoms with Crippen LogP contribution in [0.5, 0.6) is 0 Å². The van der Waals surface area contributed by atoms with E-state index in [1.165, 1.54) is 6.92 Å². The van der Waals surface area contributed by atoms with Crippen LogP contribution >= 0.6 is 0 Å². The van der Waals surface area contributed by atoms with Crippen LogP contribution in [0.3, 0.4) is 0 Å². The monoisotopic (exact) mass is 218 g/mol. The predicted octanol–water partition coefficient (Wildman–Crippen LogP) is 1.75. The van der Waals surface area contributed by atoms with Crippen molar-refractivity contribution in [1.82, 2.24) is 0 Å². The molecule has 14 heavy (non-hydrogen) atoms. The molecular weight excluding hydrogens is 200 g/mol. The van der Waals surface area contributed by atoms with Crippen LogP contribution in [0, 0.1) is 0 Å². The smallest absolute Gasteiger partial charge is 0.473 e. The van der Waals surface area contributed by atoms with Crippen LogP contribution in [0.1, 0.15) is 20.8 Å². The third kappa shape index (κ3) is 4.55. The van der Waals surface area contributed by atoms with Crippen LogP contribution < -0.4 is 0 Å². The van der Waals surface area contributed by atoms with Gasteiger partial charge in [-0.1, -0.05) is 6.08 Å². The first-order chi connectivity index (χ1) is 6.60. The second kappa shape index (κ2) is 6.75. The second-order valence-electron chi connectivity index (χ2n) is 2.64. The maximum atomic E-state index is 10.9. The van der Waals surface area contributed by atoms with E-state index in [1.807, 2.05) is 13.8 Å². The minimum atomic E-state index is -2.83. The molecule has 4 nitrogen and oxygen atoms in total. The molecule has 0 aliphatic carbocycles. The Morgan fingerprint density at radius 3 is 2.14 bits per heavy atom. The fourth-order valence-corrected chi connectivity index (χ4v) is 3.29. The van der Waals surface area contributed by atoms with Crippen molar-refractivity contribution in [3.63, 3.8) is 0 Å². The highest BCUT2D eigenvalue weighted by molar-refractivity contribution is 6.62. The average Bonchev–Trinajstić information content (AvgIpc) is 2.03. The van der Waals surface area contributed by atoms with E-state index in [1.54, 1.807) is 6.08 Å². The predicted molar refractivity (Wildman–Crippen MR) is 55.8 cm³/mol. The Hall–Kier alpha value is -0.653. The summed E-state index contributed by atoms with van der Waals surface area (Å²) in [6.07, 6.45) is 1.65. The molecule has 0 saturated carbocycles. The number of allylic oxidation sites excluding steroid dienone is 1. The normalized spacial score (nSPS) is 11.1. The highest BCUT2D eigenvalue weighted by Crippen LogP contribution is 2.16. The quantitative estimate of drug-likeness (QED) is 0.482. The number of carbonyl (C=O) groups is 1. The van der Waals surface area contributed by atoms with Crippen LogP contribution in [0.4, 0.5) is 0 Å². The molecule has 0 heterocycles. The van der Waals surface area contributed by atoms with E-state index in [0.717, 1.165) is 0 Å². The van der Waals surface area contributed by atoms with Crippen molar-refractivity contribution >= 4 is 14.8 Å². The maximum Gasteiger partial charge on any atom is 0.571 e. The molecule has 0 unspecified atom stereocenters. The summed E-state index contributed by atoms with van der Waals surface area (Å²) >= 11 is 0. The molecule has 5 heteroatoms. The summed E-state index contributed by atoms with van der Waals surface area (Å²) in [5, 5.41) is 0. The van der Waals surface area contributed by atoms with Crippen molar-refractivity contribution in [2.24, 2.45) is 0 Å². The molecule has 0 spiro atoms. The second-order valence-corrected chi connectivity index (χ2v) is 5.19. The zero-order valence-electron chi connectivity index (χ0n) is 9.04. The number of hydrogen-bond acceptors (Lipinski definition) is 4. The van der Waals surface area contributed by atoms with Crippen molar-refractivity contribution < 1.29 is 18.1 Å². The largest absolute Gasteiger partial charge is 0.571 e. The van der Waals surface area contributed by atoms with Crippen molar-refractivity contribution in [2.45, 2.75) is 26.8 Å². The van der Waals surface area contributed by atoms with Gasteiger partial charge in [-0.15, -0.1) is 6.58 Å². The molecule has 0 aliphatic heterocycles. The Morgan fingerprint density at radius 1 is 1.36 bits per heavy atom. The lowest BCUT2D eigenvalue weighted by atomic mass is 10.8. The van der Waals surface area contributed by atoms with Crippen LogP contribution in [-0.4, -0.2) is 28.0 Å². The lowest BCUT2D eigenvalue weighted by Gasteiger charge is -2.26. The van der Waals surface area contributed by atoms with Gasteiger partial charge in [0.25, 0.3) is 5.97 Å². The summed E-state index contributed by atoms with van der Waals surface area (Å²) in [7, 11) is -2.83. The molecule has 0 bridgehead atoms. The van der Waals surface area contributed by atoms with Gasteiger partial charge in [0.2, 0.25) is 0 Å². The summed E-state index contributed by atoms with van der Waals surface area (Å²) in [5.41, 5.74) is 0. The topological polar surface area (TPSA) is 44.8 Å². The summed E-state index contributed by atoms with van der Waals surface area (Å²) in [5.74, 6) is -0.375. The number of carbonyl (C=O) groups excluding carboxylic acids is 1. The highest BCUT2D eigenvalue weighted by atomic mass is 28.4. The van der Waals surface area contributed by atoms with Crippen molar-refractivity contribution in [3.05, 3.63) is 12.7 Å². The molecule has 0 aromatic rings. The van der Waals surface area contributed by atoms with Gasteiger partial charge in [-0.05, 0) is 13.8 Å². The van der Waals surface area contributed by atoms with E-state index in [4.69, 9.17) is 13.3 Å². The molecule has 0 aromatic carbocycles. The van der Waals surface area contributed by atoms with E-state index in [0.29, 0.717) is 19.3 Å². The molecule has 0 aromatic heterocycles. The van der Waals surface area contributed by atoms with Crippen LogP contribution in [-0.2, 0) is 18.1 Å². The van der Waals surface area contributed by atoms with Crippen molar-refractivity contribution in [3.8, 4) is 0 Å². The van der Waals surface area contributed by atoms with Crippen LogP contribution in [0.25, 0.3) is 0 Å². The molecule has 0 N–H and O–H groups in total. The third-order valence-electron chi connectivity index (χ3n) is 1.42. The first-order valence-corrected chi connectivity index (χ1v) is 6.61. The van der Waals surface area contributed by atoms with Crippen molar-refractivity contribution in [2.75, 3.05) is 13.2 Å². The highest BCUT2D eigenvalue weighted by Gasteiger charge is 2.42. The van der Waals surface area contributed by atoms with Gasteiger partial charge < -0.3 is 13.3 Å². The first-order valence-electron chi connectivity index (χ1n) is 4.68. The average molecular weight is 218 g/mol. The van der Waals surface area contributed by atoms with Gasteiger partial charge in [-0.2, -0.15) is 0 Å². The third-order valence-corrected chi connectivity index (χ3v) is 4.27. The van der Waals surface area contributed by atoms with Gasteiger partial charge >= 0.3 is 8.80 Å². The van der Waals surface area contributed by atoms with E-state index < -0.39 is 8.80 Å². The first kappa shape index (κ1) is 13.3. The van der Waals surface area contributed by atoms with Gasteiger partial charge in [-0.25, -0.2) is 0 Å². The SMILES string of the molecule is C=CC[Si](OCC)(OCC)OC(C)=O. The summed E-state index contributed by atoms with van der Waals surface area (Å²) < 4.78 is 16.0. The fraction of sp³-hybridized carbons (Fsp3) is 0.667. The molecule has 0 rings (SSSR count). The molecular formula is C9H18O4Si. The minimum absolute atomic E-state index is 0.375. The molecule has 0 fully saturated rings. The molecule has 0 aliphatic rings. The summed E-state index contributed by atoms with van der Waals surface area (Å²) in [4.78, 5) is 10.9. The van der Waals surface area contributed by atoms with Crippen molar-refractivity contribution in [1.29, 1.82) is 0 Å². The van der Waals surface area contributed by atoms with Gasteiger partial charge in [-0.3, -0.25) is 4.79 Å². The minimum Gasteiger partial charge on any atom is -0.473 e. The van der Waals surface area contributed by atoms with E-state index in [9.17, 15) is 4.79 Å². The van der Waals surface area contributed by atoms with E-state index in [-0.39, 0.29) is 5.97 Å². The van der Waals surface area contributed by atoms with Gasteiger partial charge in [0, 0.05) is 26.2 Å². The number of hydrogen-bond donors (Lipinski definition) is 0. The maximum absolute atomic E-state index is 10.9. The zero-order chi connectivity index (χ0) is 11.0. The summed E-state index contributed by atoms with van der Waals surface area (Å²) in [6.45, 7) is 9.56. The lowest BCUT2D eigenvalue weighted by molar-refractivity contribution is -0.136. The van der Waals surface area contributed by atoms with E-state index >= 15 is 0 Å². The Balaban J connectivity index is 4.52. The number of rotatable bonds is 7. The molecule has 0 atom stereocenters. The molecule has 0 radical (unpaired) electrons. The fourth-order valence-electron chi connectivity index (χ4n) is 1.10. The van der Waals surface area contributed by atoms with Crippen LogP contribution in [0.2, 0.25) is 6.04 Å². The van der Waals surface area contributed by atoms with Gasteiger partial charge in [0.15, 0.2) is 0 Å². The zero-order valence-corrected chi connectivity index (χ0v) is 10.0. The standard InChI is InChI=1S/C9H18O4Si/c1-5-8-14(11-6-2,12-7-3)13-9(4)10/h5H,1,6-8H2,2-4H3. The summed E-state index contributed by atoms with van der Waals surface area (Å²) in [6, 6.07) is 0.453. The molecule has 0 amide bonds. The Kier molecular flexibility index (Phi) is 6.43. The van der Waals surface area contributed by atoms with Gasteiger partial charge in [0.05, 0.1) is 0 Å². The Morgan fingerprint density at radius 2 is 1.86 bits per heavy atom. The molecule has 0 saturated heterocycles. The van der Waals surface area contributed by atoms with Crippen LogP contribution in [0.15, 0.2) is 12.7 Å². The lowest BCUT2D eigenvalue weighted by Crippen LogP contribution is -2.46.